The summed E-state index contributed by atoms with van der Waals surface area (Å²) in [4.78, 5) is 32.1. The highest BCUT2D eigenvalue weighted by Crippen LogP contribution is 2.30. The number of hydrogen-bond acceptors (Lipinski definition) is 5. The maximum Gasteiger partial charge on any atom is 0.414 e. The molecule has 2 aliphatic heterocycles. The second-order valence-electron chi connectivity index (χ2n) is 6.93. The van der Waals surface area contributed by atoms with Crippen LogP contribution in [0.2, 0.25) is 0 Å². The zero-order valence-electron chi connectivity index (χ0n) is 13.9. The zero-order valence-corrected chi connectivity index (χ0v) is 13.9. The summed E-state index contributed by atoms with van der Waals surface area (Å²) in [6.45, 7) is 8.47. The van der Waals surface area contributed by atoms with Crippen molar-refractivity contribution in [2.75, 3.05) is 19.6 Å². The number of ether oxygens (including phenoxy) is 1. The molecule has 1 spiro atoms. The number of carbonyl (C=O) groups excluding carboxylic acids is 1. The maximum atomic E-state index is 12.0. The molecule has 1 atom stereocenters. The molecule has 2 aliphatic rings. The van der Waals surface area contributed by atoms with Crippen LogP contribution in [0.1, 0.15) is 46.5 Å². The molecule has 8 nitrogen and oxygen atoms in total. The van der Waals surface area contributed by atoms with Gasteiger partial charge in [-0.25, -0.2) is 14.4 Å². The van der Waals surface area contributed by atoms with E-state index in [-0.39, 0.29) is 11.6 Å². The van der Waals surface area contributed by atoms with Crippen LogP contribution in [0.5, 0.6) is 0 Å². The molecule has 0 radical (unpaired) electrons. The van der Waals surface area contributed by atoms with E-state index < -0.39 is 17.5 Å². The van der Waals surface area contributed by atoms with Gasteiger partial charge in [0.15, 0.2) is 0 Å². The van der Waals surface area contributed by atoms with Crippen molar-refractivity contribution >= 4 is 18.0 Å². The SMILES string of the molecule is CC(C)(C)OC(=O)N1CCCC2(CCCN2)C1.O=C(O)C(=O)O. The van der Waals surface area contributed by atoms with Crippen molar-refractivity contribution < 1.29 is 29.3 Å². The number of amides is 1. The molecular formula is C15H26N2O6. The second-order valence-corrected chi connectivity index (χ2v) is 6.93. The van der Waals surface area contributed by atoms with Gasteiger partial charge in [0, 0.05) is 18.6 Å². The summed E-state index contributed by atoms with van der Waals surface area (Å²) in [5.74, 6) is -3.65. The van der Waals surface area contributed by atoms with Gasteiger partial charge in [-0.2, -0.15) is 0 Å². The molecule has 0 saturated carbocycles. The van der Waals surface area contributed by atoms with Gasteiger partial charge in [-0.3, -0.25) is 0 Å². The monoisotopic (exact) mass is 330 g/mol. The van der Waals surface area contributed by atoms with Crippen molar-refractivity contribution in [3.63, 3.8) is 0 Å². The van der Waals surface area contributed by atoms with Gasteiger partial charge >= 0.3 is 18.0 Å². The molecule has 1 unspecified atom stereocenters. The Morgan fingerprint density at radius 1 is 1.09 bits per heavy atom. The Kier molecular flexibility index (Phi) is 6.37. The van der Waals surface area contributed by atoms with E-state index in [4.69, 9.17) is 24.5 Å². The van der Waals surface area contributed by atoms with E-state index in [1.165, 1.54) is 19.3 Å². The molecule has 2 fully saturated rings. The Bertz CT molecular complexity index is 439. The Labute approximate surface area is 135 Å². The first-order chi connectivity index (χ1) is 10.5. The molecule has 3 N–H and O–H groups in total. The fourth-order valence-corrected chi connectivity index (χ4v) is 2.83. The topological polar surface area (TPSA) is 116 Å². The summed E-state index contributed by atoms with van der Waals surface area (Å²) in [6.07, 6.45) is 4.51. The van der Waals surface area contributed by atoms with Crippen molar-refractivity contribution in [3.8, 4) is 0 Å². The Hall–Kier alpha value is -1.83. The number of carboxylic acid groups (broad SMARTS) is 2. The normalized spacial score (nSPS) is 23.9. The van der Waals surface area contributed by atoms with Crippen LogP contribution in [-0.4, -0.2) is 63.9 Å². The van der Waals surface area contributed by atoms with E-state index in [0.717, 1.165) is 26.1 Å². The lowest BCUT2D eigenvalue weighted by Gasteiger charge is -2.40. The summed E-state index contributed by atoms with van der Waals surface area (Å²) in [6, 6.07) is 0. The van der Waals surface area contributed by atoms with Crippen molar-refractivity contribution in [3.05, 3.63) is 0 Å². The molecule has 0 aromatic carbocycles. The predicted molar refractivity (Wildman–Crippen MR) is 82.3 cm³/mol. The first-order valence-corrected chi connectivity index (χ1v) is 7.74. The summed E-state index contributed by atoms with van der Waals surface area (Å²) >= 11 is 0. The van der Waals surface area contributed by atoms with Crippen LogP contribution in [0, 0.1) is 0 Å². The molecule has 1 amide bonds. The van der Waals surface area contributed by atoms with Crippen LogP contribution in [0.25, 0.3) is 0 Å². The number of aliphatic carboxylic acids is 2. The molecule has 0 aromatic heterocycles. The minimum atomic E-state index is -1.82. The number of hydrogen-bond donors (Lipinski definition) is 3. The molecule has 23 heavy (non-hydrogen) atoms. The van der Waals surface area contributed by atoms with Crippen molar-refractivity contribution in [2.45, 2.75) is 57.6 Å². The van der Waals surface area contributed by atoms with Crippen molar-refractivity contribution in [1.82, 2.24) is 10.2 Å². The quantitative estimate of drug-likeness (QED) is 0.573. The largest absolute Gasteiger partial charge is 0.473 e. The van der Waals surface area contributed by atoms with E-state index in [1.807, 2.05) is 25.7 Å². The zero-order chi connectivity index (χ0) is 17.7. The van der Waals surface area contributed by atoms with E-state index in [1.54, 1.807) is 0 Å². The highest BCUT2D eigenvalue weighted by molar-refractivity contribution is 6.27. The van der Waals surface area contributed by atoms with Gasteiger partial charge in [-0.1, -0.05) is 0 Å². The van der Waals surface area contributed by atoms with Crippen LogP contribution in [0.3, 0.4) is 0 Å². The van der Waals surface area contributed by atoms with Gasteiger partial charge in [0.25, 0.3) is 0 Å². The van der Waals surface area contributed by atoms with E-state index in [9.17, 15) is 4.79 Å². The average Bonchev–Trinajstić information content (AvgIpc) is 2.85. The fraction of sp³-hybridized carbons (Fsp3) is 0.800. The molecule has 2 saturated heterocycles. The van der Waals surface area contributed by atoms with Gasteiger partial charge in [-0.05, 0) is 53.0 Å². The van der Waals surface area contributed by atoms with Gasteiger partial charge in [0.05, 0.1) is 0 Å². The highest BCUT2D eigenvalue weighted by Gasteiger charge is 2.39. The maximum absolute atomic E-state index is 12.0. The summed E-state index contributed by atoms with van der Waals surface area (Å²) < 4.78 is 5.44. The Morgan fingerprint density at radius 2 is 1.65 bits per heavy atom. The van der Waals surface area contributed by atoms with Gasteiger partial charge in [0.1, 0.15) is 5.60 Å². The minimum Gasteiger partial charge on any atom is -0.473 e. The molecular weight excluding hydrogens is 304 g/mol. The van der Waals surface area contributed by atoms with Crippen LogP contribution in [-0.2, 0) is 14.3 Å². The first kappa shape index (κ1) is 19.2. The lowest BCUT2D eigenvalue weighted by molar-refractivity contribution is -0.159. The predicted octanol–water partition coefficient (Wildman–Crippen LogP) is 1.30. The van der Waals surface area contributed by atoms with Crippen molar-refractivity contribution in [2.24, 2.45) is 0 Å². The van der Waals surface area contributed by atoms with Gasteiger partial charge in [-0.15, -0.1) is 0 Å². The molecule has 0 bridgehead atoms. The molecule has 2 heterocycles. The number of piperidine rings is 1. The molecule has 132 valence electrons. The summed E-state index contributed by atoms with van der Waals surface area (Å²) in [7, 11) is 0. The molecule has 0 aliphatic carbocycles. The number of carbonyl (C=O) groups is 3. The van der Waals surface area contributed by atoms with Crippen LogP contribution < -0.4 is 5.32 Å². The number of likely N-dealkylation sites (tertiary alicyclic amines) is 1. The van der Waals surface area contributed by atoms with E-state index in [0.29, 0.717) is 0 Å². The van der Waals surface area contributed by atoms with Gasteiger partial charge < -0.3 is 25.2 Å². The number of carboxylic acids is 2. The highest BCUT2D eigenvalue weighted by atomic mass is 16.6. The summed E-state index contributed by atoms with van der Waals surface area (Å²) in [5.41, 5.74) is -0.222. The molecule has 2 rings (SSSR count). The Balaban J connectivity index is 0.000000379. The first-order valence-electron chi connectivity index (χ1n) is 7.74. The van der Waals surface area contributed by atoms with E-state index in [2.05, 4.69) is 5.32 Å². The van der Waals surface area contributed by atoms with Gasteiger partial charge in [0.2, 0.25) is 0 Å². The van der Waals surface area contributed by atoms with E-state index >= 15 is 0 Å². The van der Waals surface area contributed by atoms with Crippen LogP contribution in [0.4, 0.5) is 4.79 Å². The third kappa shape index (κ3) is 6.43. The standard InChI is InChI=1S/C13H24N2O2.C2H2O4/c1-12(2,3)17-11(16)15-9-5-7-13(10-15)6-4-8-14-13;3-1(4)2(5)6/h14H,4-10H2,1-3H3;(H,3,4)(H,5,6). The fourth-order valence-electron chi connectivity index (χ4n) is 2.83. The smallest absolute Gasteiger partial charge is 0.414 e. The minimum absolute atomic E-state index is 0.162. The van der Waals surface area contributed by atoms with Crippen molar-refractivity contribution in [1.29, 1.82) is 0 Å². The lowest BCUT2D eigenvalue weighted by Crippen LogP contribution is -2.55. The van der Waals surface area contributed by atoms with Crippen LogP contribution in [0.15, 0.2) is 0 Å². The number of rotatable bonds is 0. The third-order valence-corrected chi connectivity index (χ3v) is 3.74. The van der Waals surface area contributed by atoms with Crippen LogP contribution >= 0.6 is 0 Å². The average molecular weight is 330 g/mol. The number of nitrogens with zero attached hydrogens (tertiary/aromatic N) is 1. The third-order valence-electron chi connectivity index (χ3n) is 3.74. The molecule has 0 aromatic rings. The second kappa shape index (κ2) is 7.63. The lowest BCUT2D eigenvalue weighted by atomic mass is 9.88. The summed E-state index contributed by atoms with van der Waals surface area (Å²) in [5, 5.41) is 18.4. The number of nitrogens with one attached hydrogen (secondary N) is 1. The molecule has 8 heteroatoms. The Morgan fingerprint density at radius 3 is 2.09 bits per heavy atom.